The number of aryl methyl sites for hydroxylation is 3. The molecular weight excluding hydrogens is 304 g/mol. The molecule has 24 heavy (non-hydrogen) atoms. The van der Waals surface area contributed by atoms with Gasteiger partial charge >= 0.3 is 5.97 Å². The highest BCUT2D eigenvalue weighted by molar-refractivity contribution is 6.05. The molecule has 1 saturated carbocycles. The maximum Gasteiger partial charge on any atom is 0.319 e. The van der Waals surface area contributed by atoms with Crippen LogP contribution in [0.4, 0.5) is 0 Å². The second-order valence-electron chi connectivity index (χ2n) is 7.00. The van der Waals surface area contributed by atoms with Crippen LogP contribution in [0.15, 0.2) is 12.1 Å². The molecule has 4 nitrogen and oxygen atoms in total. The fourth-order valence-electron chi connectivity index (χ4n) is 3.99. The minimum Gasteiger partial charge on any atom is -0.468 e. The van der Waals surface area contributed by atoms with Crippen LogP contribution in [-0.4, -0.2) is 32.1 Å². The number of hydrogen-bond donors (Lipinski definition) is 0. The topological polar surface area (TPSA) is 52.6 Å². The van der Waals surface area contributed by atoms with Crippen molar-refractivity contribution in [2.24, 2.45) is 5.41 Å². The minimum absolute atomic E-state index is 0.0499. The standard InChI is InChI=1S/C20H28O4/c1-13-9-14(2)17(15(3)10-13)11-18(21)20(19(22)24-5)8-6-7-16(12-20)23-4/h9-10,16H,6-8,11-12H2,1-5H3. The number of ether oxygens (including phenoxy) is 2. The Kier molecular flexibility index (Phi) is 5.81. The van der Waals surface area contributed by atoms with Gasteiger partial charge in [0.25, 0.3) is 0 Å². The normalized spacial score (nSPS) is 23.8. The summed E-state index contributed by atoms with van der Waals surface area (Å²) in [6.45, 7) is 6.09. The van der Waals surface area contributed by atoms with E-state index in [4.69, 9.17) is 9.47 Å². The summed E-state index contributed by atoms with van der Waals surface area (Å²) >= 11 is 0. The summed E-state index contributed by atoms with van der Waals surface area (Å²) in [7, 11) is 2.99. The molecule has 0 saturated heterocycles. The Morgan fingerprint density at radius 2 is 1.79 bits per heavy atom. The van der Waals surface area contributed by atoms with Crippen molar-refractivity contribution >= 4 is 11.8 Å². The molecule has 0 amide bonds. The van der Waals surface area contributed by atoms with Gasteiger partial charge in [0.15, 0.2) is 5.78 Å². The quantitative estimate of drug-likeness (QED) is 0.612. The summed E-state index contributed by atoms with van der Waals surface area (Å²) in [5.41, 5.74) is 3.33. The van der Waals surface area contributed by atoms with E-state index in [1.807, 2.05) is 20.8 Å². The highest BCUT2D eigenvalue weighted by atomic mass is 16.5. The third kappa shape index (κ3) is 3.54. The fraction of sp³-hybridized carbons (Fsp3) is 0.600. The summed E-state index contributed by atoms with van der Waals surface area (Å²) in [5.74, 6) is -0.470. The van der Waals surface area contributed by atoms with Gasteiger partial charge in [-0.1, -0.05) is 17.7 Å². The molecule has 0 N–H and O–H groups in total. The average molecular weight is 332 g/mol. The Hall–Kier alpha value is -1.68. The lowest BCUT2D eigenvalue weighted by molar-refractivity contribution is -0.163. The number of benzene rings is 1. The van der Waals surface area contributed by atoms with Gasteiger partial charge in [0, 0.05) is 13.5 Å². The smallest absolute Gasteiger partial charge is 0.319 e. The zero-order valence-corrected chi connectivity index (χ0v) is 15.4. The van der Waals surface area contributed by atoms with Crippen molar-refractivity contribution < 1.29 is 19.1 Å². The van der Waals surface area contributed by atoms with Crippen LogP contribution in [0.25, 0.3) is 0 Å². The second-order valence-corrected chi connectivity index (χ2v) is 7.00. The van der Waals surface area contributed by atoms with Crippen molar-refractivity contribution in [2.45, 2.75) is 59.0 Å². The van der Waals surface area contributed by atoms with Gasteiger partial charge in [-0.15, -0.1) is 0 Å². The van der Waals surface area contributed by atoms with Crippen LogP contribution < -0.4 is 0 Å². The monoisotopic (exact) mass is 332 g/mol. The first-order chi connectivity index (χ1) is 11.3. The third-order valence-electron chi connectivity index (χ3n) is 5.33. The zero-order chi connectivity index (χ0) is 17.9. The van der Waals surface area contributed by atoms with E-state index in [0.29, 0.717) is 12.8 Å². The summed E-state index contributed by atoms with van der Waals surface area (Å²) in [6, 6.07) is 4.17. The first-order valence-electron chi connectivity index (χ1n) is 8.55. The number of esters is 1. The summed E-state index contributed by atoms with van der Waals surface area (Å²) in [4.78, 5) is 25.7. The number of rotatable bonds is 5. The molecule has 1 aromatic carbocycles. The molecule has 2 rings (SSSR count). The second kappa shape index (κ2) is 7.47. The van der Waals surface area contributed by atoms with E-state index in [-0.39, 0.29) is 18.3 Å². The molecule has 0 aromatic heterocycles. The Morgan fingerprint density at radius 3 is 2.33 bits per heavy atom. The maximum atomic E-state index is 13.2. The van der Waals surface area contributed by atoms with Crippen LogP contribution in [0.1, 0.15) is 47.9 Å². The minimum atomic E-state index is -1.07. The molecule has 0 spiro atoms. The fourth-order valence-corrected chi connectivity index (χ4v) is 3.99. The molecular formula is C20H28O4. The number of methoxy groups -OCH3 is 2. The number of hydrogen-bond acceptors (Lipinski definition) is 4. The van der Waals surface area contributed by atoms with E-state index in [9.17, 15) is 9.59 Å². The molecule has 1 aliphatic rings. The number of ketones is 1. The first kappa shape index (κ1) is 18.7. The molecule has 1 fully saturated rings. The number of carbonyl (C=O) groups is 2. The van der Waals surface area contributed by atoms with Crippen molar-refractivity contribution in [3.63, 3.8) is 0 Å². The van der Waals surface area contributed by atoms with Crippen LogP contribution in [0, 0.1) is 26.2 Å². The third-order valence-corrected chi connectivity index (χ3v) is 5.33. The molecule has 0 radical (unpaired) electrons. The highest BCUT2D eigenvalue weighted by Crippen LogP contribution is 2.40. The summed E-state index contributed by atoms with van der Waals surface area (Å²) < 4.78 is 10.5. The van der Waals surface area contributed by atoms with Gasteiger partial charge in [0.1, 0.15) is 5.41 Å². The molecule has 0 aliphatic heterocycles. The van der Waals surface area contributed by atoms with Gasteiger partial charge in [-0.2, -0.15) is 0 Å². The van der Waals surface area contributed by atoms with Crippen LogP contribution >= 0.6 is 0 Å². The predicted molar refractivity (Wildman–Crippen MR) is 93.1 cm³/mol. The predicted octanol–water partition coefficient (Wildman–Crippen LogP) is 3.47. The van der Waals surface area contributed by atoms with E-state index >= 15 is 0 Å². The van der Waals surface area contributed by atoms with Gasteiger partial charge in [0.05, 0.1) is 13.2 Å². The Labute approximate surface area is 144 Å². The molecule has 0 heterocycles. The highest BCUT2D eigenvalue weighted by Gasteiger charge is 2.49. The lowest BCUT2D eigenvalue weighted by Crippen LogP contribution is -2.46. The van der Waals surface area contributed by atoms with Crippen LogP contribution in [-0.2, 0) is 25.5 Å². The van der Waals surface area contributed by atoms with Gasteiger partial charge < -0.3 is 9.47 Å². The van der Waals surface area contributed by atoms with Crippen molar-refractivity contribution in [1.82, 2.24) is 0 Å². The largest absolute Gasteiger partial charge is 0.468 e. The summed E-state index contributed by atoms with van der Waals surface area (Å²) in [6.07, 6.45) is 2.84. The van der Waals surface area contributed by atoms with E-state index < -0.39 is 11.4 Å². The molecule has 0 bridgehead atoms. The Bertz CT molecular complexity index is 612. The van der Waals surface area contributed by atoms with E-state index in [1.54, 1.807) is 7.11 Å². The molecule has 2 unspecified atom stereocenters. The molecule has 132 valence electrons. The van der Waals surface area contributed by atoms with Crippen molar-refractivity contribution in [3.05, 3.63) is 34.4 Å². The average Bonchev–Trinajstić information content (AvgIpc) is 2.56. The van der Waals surface area contributed by atoms with Crippen molar-refractivity contribution in [1.29, 1.82) is 0 Å². The van der Waals surface area contributed by atoms with Crippen LogP contribution in [0.2, 0.25) is 0 Å². The van der Waals surface area contributed by atoms with Gasteiger partial charge in [-0.3, -0.25) is 9.59 Å². The van der Waals surface area contributed by atoms with Gasteiger partial charge in [-0.05, 0) is 63.1 Å². The van der Waals surface area contributed by atoms with Gasteiger partial charge in [-0.25, -0.2) is 0 Å². The van der Waals surface area contributed by atoms with Gasteiger partial charge in [0.2, 0.25) is 0 Å². The Morgan fingerprint density at radius 1 is 1.17 bits per heavy atom. The maximum absolute atomic E-state index is 13.2. The lowest BCUT2D eigenvalue weighted by Gasteiger charge is -2.37. The van der Waals surface area contributed by atoms with Crippen molar-refractivity contribution in [3.8, 4) is 0 Å². The molecule has 1 aliphatic carbocycles. The SMILES string of the molecule is COC(=O)C1(C(=O)Cc2c(C)cc(C)cc2C)CCCC(OC)C1. The lowest BCUT2D eigenvalue weighted by atomic mass is 9.68. The number of carbonyl (C=O) groups excluding carboxylic acids is 2. The molecule has 4 heteroatoms. The number of Topliss-reactive ketones (excluding diaryl/α,β-unsaturated/α-hetero) is 1. The Balaban J connectivity index is 2.34. The molecule has 1 aromatic rings. The summed E-state index contributed by atoms with van der Waals surface area (Å²) in [5, 5.41) is 0. The van der Waals surface area contributed by atoms with E-state index in [0.717, 1.165) is 29.5 Å². The van der Waals surface area contributed by atoms with Crippen LogP contribution in [0.5, 0.6) is 0 Å². The van der Waals surface area contributed by atoms with E-state index in [2.05, 4.69) is 12.1 Å². The first-order valence-corrected chi connectivity index (χ1v) is 8.55. The zero-order valence-electron chi connectivity index (χ0n) is 15.4. The van der Waals surface area contributed by atoms with Crippen molar-refractivity contribution in [2.75, 3.05) is 14.2 Å². The van der Waals surface area contributed by atoms with Crippen LogP contribution in [0.3, 0.4) is 0 Å². The molecule has 2 atom stereocenters. The van der Waals surface area contributed by atoms with E-state index in [1.165, 1.54) is 12.7 Å².